The monoisotopic (exact) mass is 385 g/mol. The third-order valence-electron chi connectivity index (χ3n) is 5.27. The van der Waals surface area contributed by atoms with E-state index in [0.717, 1.165) is 50.4 Å². The Morgan fingerprint density at radius 3 is 2.61 bits per heavy atom. The van der Waals surface area contributed by atoms with Crippen molar-refractivity contribution >= 4 is 11.8 Å². The van der Waals surface area contributed by atoms with Gasteiger partial charge in [-0.25, -0.2) is 0 Å². The highest BCUT2D eigenvalue weighted by atomic mass is 16.4. The molecule has 3 heterocycles. The lowest BCUT2D eigenvalue weighted by molar-refractivity contribution is -0.131. The van der Waals surface area contributed by atoms with Gasteiger partial charge in [-0.15, -0.1) is 0 Å². The first-order chi connectivity index (χ1) is 13.6. The van der Waals surface area contributed by atoms with E-state index in [0.29, 0.717) is 25.3 Å². The van der Waals surface area contributed by atoms with Gasteiger partial charge in [0.25, 0.3) is 5.91 Å². The Kier molecular flexibility index (Phi) is 6.95. The second-order valence-electron chi connectivity index (χ2n) is 7.42. The molecule has 0 N–H and O–H groups in total. The molecule has 1 aliphatic rings. The molecule has 0 bridgehead atoms. The van der Waals surface area contributed by atoms with Gasteiger partial charge in [-0.05, 0) is 49.9 Å². The summed E-state index contributed by atoms with van der Waals surface area (Å²) in [5.74, 6) is 1.32. The summed E-state index contributed by atoms with van der Waals surface area (Å²) in [6.45, 7) is 7.51. The van der Waals surface area contributed by atoms with E-state index in [1.165, 1.54) is 6.42 Å². The van der Waals surface area contributed by atoms with Crippen LogP contribution in [-0.2, 0) is 17.9 Å². The number of carbonyl (C=O) groups is 2. The zero-order valence-electron chi connectivity index (χ0n) is 17.0. The van der Waals surface area contributed by atoms with Crippen molar-refractivity contribution in [2.45, 2.75) is 59.0 Å². The van der Waals surface area contributed by atoms with Gasteiger partial charge in [0.05, 0.1) is 13.1 Å². The first kappa shape index (κ1) is 20.2. The van der Waals surface area contributed by atoms with Crippen molar-refractivity contribution in [3.8, 4) is 0 Å². The summed E-state index contributed by atoms with van der Waals surface area (Å²) in [6, 6.07) is 7.67. The molecule has 2 aromatic heterocycles. The smallest absolute Gasteiger partial charge is 0.289 e. The van der Waals surface area contributed by atoms with E-state index in [2.05, 4.69) is 11.5 Å². The molecule has 6 heteroatoms. The lowest BCUT2D eigenvalue weighted by Crippen LogP contribution is -2.35. The molecule has 28 heavy (non-hydrogen) atoms. The first-order valence-corrected chi connectivity index (χ1v) is 10.4. The summed E-state index contributed by atoms with van der Waals surface area (Å²) in [4.78, 5) is 28.6. The molecule has 3 rings (SSSR count). The minimum Gasteiger partial charge on any atom is -0.454 e. The van der Waals surface area contributed by atoms with Crippen molar-refractivity contribution < 1.29 is 14.0 Å². The molecular weight excluding hydrogens is 354 g/mol. The number of nitrogens with zero attached hydrogens (tertiary/aromatic N) is 3. The number of amides is 2. The third kappa shape index (κ3) is 4.86. The standard InChI is InChI=1S/C22H31N3O3/c1-3-12-25(21(26)4-2)16-18-9-8-15-24(18)17-19-10-11-20(28-19)22(27)23-13-6-5-7-14-23/h8-11,15H,3-7,12-14,16-17H2,1-2H3. The zero-order valence-corrected chi connectivity index (χ0v) is 17.0. The number of piperidine rings is 1. The second-order valence-corrected chi connectivity index (χ2v) is 7.42. The van der Waals surface area contributed by atoms with E-state index in [9.17, 15) is 9.59 Å². The Balaban J connectivity index is 1.66. The number of hydrogen-bond donors (Lipinski definition) is 0. The van der Waals surface area contributed by atoms with Crippen LogP contribution in [0.4, 0.5) is 0 Å². The minimum absolute atomic E-state index is 0.0126. The van der Waals surface area contributed by atoms with Crippen LogP contribution in [0.25, 0.3) is 0 Å². The molecule has 6 nitrogen and oxygen atoms in total. The van der Waals surface area contributed by atoms with Crippen LogP contribution in [0.15, 0.2) is 34.9 Å². The fourth-order valence-electron chi connectivity index (χ4n) is 3.73. The molecule has 0 saturated carbocycles. The largest absolute Gasteiger partial charge is 0.454 e. The quantitative estimate of drug-likeness (QED) is 0.692. The fourth-order valence-corrected chi connectivity index (χ4v) is 3.73. The van der Waals surface area contributed by atoms with Gasteiger partial charge in [-0.1, -0.05) is 13.8 Å². The molecule has 0 aliphatic carbocycles. The topological polar surface area (TPSA) is 58.7 Å². The summed E-state index contributed by atoms with van der Waals surface area (Å²) in [6.07, 6.45) is 6.77. The molecule has 0 unspecified atom stereocenters. The van der Waals surface area contributed by atoms with Gasteiger partial charge < -0.3 is 18.8 Å². The van der Waals surface area contributed by atoms with E-state index in [1.807, 2.05) is 41.1 Å². The molecule has 0 atom stereocenters. The molecule has 1 saturated heterocycles. The van der Waals surface area contributed by atoms with Gasteiger partial charge in [0, 0.05) is 37.9 Å². The number of likely N-dealkylation sites (tertiary alicyclic amines) is 1. The average Bonchev–Trinajstić information content (AvgIpc) is 3.37. The zero-order chi connectivity index (χ0) is 19.9. The molecular formula is C22H31N3O3. The summed E-state index contributed by atoms with van der Waals surface area (Å²) >= 11 is 0. The van der Waals surface area contributed by atoms with Crippen molar-refractivity contribution in [1.82, 2.24) is 14.4 Å². The first-order valence-electron chi connectivity index (χ1n) is 10.4. The summed E-state index contributed by atoms with van der Waals surface area (Å²) in [5, 5.41) is 0. The Hall–Kier alpha value is -2.50. The lowest BCUT2D eigenvalue weighted by atomic mass is 10.1. The summed E-state index contributed by atoms with van der Waals surface area (Å²) < 4.78 is 7.94. The Morgan fingerprint density at radius 2 is 1.89 bits per heavy atom. The van der Waals surface area contributed by atoms with Crippen LogP contribution in [0.2, 0.25) is 0 Å². The molecule has 0 radical (unpaired) electrons. The van der Waals surface area contributed by atoms with Gasteiger partial charge >= 0.3 is 0 Å². The predicted octanol–water partition coefficient (Wildman–Crippen LogP) is 3.90. The van der Waals surface area contributed by atoms with Crippen molar-refractivity contribution in [3.05, 3.63) is 47.7 Å². The lowest BCUT2D eigenvalue weighted by Gasteiger charge is -2.25. The number of carbonyl (C=O) groups excluding carboxylic acids is 2. The highest BCUT2D eigenvalue weighted by Crippen LogP contribution is 2.17. The van der Waals surface area contributed by atoms with Crippen LogP contribution in [-0.4, -0.2) is 45.8 Å². The van der Waals surface area contributed by atoms with Crippen molar-refractivity contribution in [2.24, 2.45) is 0 Å². The van der Waals surface area contributed by atoms with Crippen molar-refractivity contribution in [2.75, 3.05) is 19.6 Å². The van der Waals surface area contributed by atoms with Crippen LogP contribution >= 0.6 is 0 Å². The second kappa shape index (κ2) is 9.62. The van der Waals surface area contributed by atoms with E-state index in [4.69, 9.17) is 4.42 Å². The van der Waals surface area contributed by atoms with Gasteiger partial charge in [0.15, 0.2) is 5.76 Å². The van der Waals surface area contributed by atoms with Crippen molar-refractivity contribution in [1.29, 1.82) is 0 Å². The fraction of sp³-hybridized carbons (Fsp3) is 0.545. The van der Waals surface area contributed by atoms with E-state index < -0.39 is 0 Å². The Morgan fingerprint density at radius 1 is 1.11 bits per heavy atom. The van der Waals surface area contributed by atoms with E-state index >= 15 is 0 Å². The highest BCUT2D eigenvalue weighted by molar-refractivity contribution is 5.91. The SMILES string of the molecule is CCCN(Cc1cccn1Cc1ccc(C(=O)N2CCCCC2)o1)C(=O)CC. The maximum Gasteiger partial charge on any atom is 0.289 e. The number of furan rings is 1. The van der Waals surface area contributed by atoms with Gasteiger partial charge in [0.2, 0.25) is 5.91 Å². The molecule has 1 aliphatic heterocycles. The Bertz CT molecular complexity index is 787. The Labute approximate surface area is 167 Å². The molecule has 2 aromatic rings. The van der Waals surface area contributed by atoms with Crippen LogP contribution < -0.4 is 0 Å². The molecule has 152 valence electrons. The number of rotatable bonds is 8. The maximum atomic E-state index is 12.6. The van der Waals surface area contributed by atoms with Crippen molar-refractivity contribution in [3.63, 3.8) is 0 Å². The molecule has 2 amide bonds. The molecule has 1 fully saturated rings. The normalized spacial score (nSPS) is 14.3. The average molecular weight is 386 g/mol. The highest BCUT2D eigenvalue weighted by Gasteiger charge is 2.21. The van der Waals surface area contributed by atoms with Crippen LogP contribution in [0, 0.1) is 0 Å². The number of aromatic nitrogens is 1. The maximum absolute atomic E-state index is 12.6. The third-order valence-corrected chi connectivity index (χ3v) is 5.27. The molecule has 0 aromatic carbocycles. The predicted molar refractivity (Wildman–Crippen MR) is 108 cm³/mol. The van der Waals surface area contributed by atoms with Gasteiger partial charge in [0.1, 0.15) is 5.76 Å². The van der Waals surface area contributed by atoms with Crippen LogP contribution in [0.3, 0.4) is 0 Å². The summed E-state index contributed by atoms with van der Waals surface area (Å²) in [5.41, 5.74) is 1.07. The van der Waals surface area contributed by atoms with Crippen LogP contribution in [0.5, 0.6) is 0 Å². The van der Waals surface area contributed by atoms with Gasteiger partial charge in [-0.3, -0.25) is 9.59 Å². The van der Waals surface area contributed by atoms with E-state index in [-0.39, 0.29) is 11.8 Å². The molecule has 0 spiro atoms. The van der Waals surface area contributed by atoms with E-state index in [1.54, 1.807) is 6.07 Å². The van der Waals surface area contributed by atoms with Crippen LogP contribution in [0.1, 0.15) is 68.0 Å². The minimum atomic E-state index is -0.0126. The number of hydrogen-bond acceptors (Lipinski definition) is 3. The summed E-state index contributed by atoms with van der Waals surface area (Å²) in [7, 11) is 0. The van der Waals surface area contributed by atoms with Gasteiger partial charge in [-0.2, -0.15) is 0 Å².